The average Bonchev–Trinajstić information content (AvgIpc) is 2.81. The molecule has 1 heterocycles. The van der Waals surface area contributed by atoms with Crippen molar-refractivity contribution in [3.05, 3.63) is 76.7 Å². The van der Waals surface area contributed by atoms with Crippen LogP contribution in [0.5, 0.6) is 11.5 Å². The number of pyridine rings is 1. The lowest BCUT2D eigenvalue weighted by molar-refractivity contribution is -0.137. The van der Waals surface area contributed by atoms with Crippen LogP contribution in [0.4, 0.5) is 13.2 Å². The molecule has 0 saturated carbocycles. The van der Waals surface area contributed by atoms with Gasteiger partial charge in [-0.2, -0.15) is 13.2 Å². The number of rotatable bonds is 9. The second-order valence-electron chi connectivity index (χ2n) is 7.47. The molecule has 0 radical (unpaired) electrons. The second kappa shape index (κ2) is 10.3. The van der Waals surface area contributed by atoms with Gasteiger partial charge in [0, 0.05) is 24.1 Å². The third-order valence-electron chi connectivity index (χ3n) is 5.19. The molecule has 0 aliphatic carbocycles. The molecule has 34 heavy (non-hydrogen) atoms. The van der Waals surface area contributed by atoms with Crippen LogP contribution in [0, 0.1) is 0 Å². The van der Waals surface area contributed by atoms with Gasteiger partial charge in [-0.15, -0.1) is 0 Å². The molecule has 0 saturated heterocycles. The predicted octanol–water partition coefficient (Wildman–Crippen LogP) is 4.74. The molecule has 2 aromatic carbocycles. The van der Waals surface area contributed by atoms with Gasteiger partial charge in [0.15, 0.2) is 11.5 Å². The summed E-state index contributed by atoms with van der Waals surface area (Å²) in [5.74, 6) is 0.895. The first-order valence-corrected chi connectivity index (χ1v) is 12.3. The SMILES string of the molecule is CCS(=O)(=O)CCCOc1ccc(-n2ccc(-c3ccc(C(F)(F)F)cc3)cc2=O)cc1OC. The molecular formula is C24H24F3NO5S. The van der Waals surface area contributed by atoms with E-state index < -0.39 is 21.6 Å². The fourth-order valence-corrected chi connectivity index (χ4v) is 4.10. The number of benzene rings is 2. The van der Waals surface area contributed by atoms with E-state index in [9.17, 15) is 26.4 Å². The van der Waals surface area contributed by atoms with Crippen LogP contribution < -0.4 is 15.0 Å². The van der Waals surface area contributed by atoms with Crippen molar-refractivity contribution in [2.24, 2.45) is 0 Å². The number of hydrogen-bond donors (Lipinski definition) is 0. The summed E-state index contributed by atoms with van der Waals surface area (Å²) in [6, 6.07) is 12.5. The Hall–Kier alpha value is -3.27. The van der Waals surface area contributed by atoms with Crippen LogP contribution in [0.2, 0.25) is 0 Å². The third-order valence-corrected chi connectivity index (χ3v) is 6.98. The summed E-state index contributed by atoms with van der Waals surface area (Å²) in [6.45, 7) is 1.78. The van der Waals surface area contributed by atoms with Crippen LogP contribution >= 0.6 is 0 Å². The summed E-state index contributed by atoms with van der Waals surface area (Å²) in [6.07, 6.45) is -2.56. The smallest absolute Gasteiger partial charge is 0.416 e. The highest BCUT2D eigenvalue weighted by atomic mass is 32.2. The van der Waals surface area contributed by atoms with Crippen molar-refractivity contribution in [2.75, 3.05) is 25.2 Å². The van der Waals surface area contributed by atoms with Gasteiger partial charge >= 0.3 is 6.18 Å². The maximum Gasteiger partial charge on any atom is 0.416 e. The first-order chi connectivity index (χ1) is 16.0. The van der Waals surface area contributed by atoms with Gasteiger partial charge in [-0.1, -0.05) is 19.1 Å². The standard InChI is InChI=1S/C24H24F3NO5S/c1-3-34(30,31)14-4-13-33-21-10-9-20(16-22(21)32-2)28-12-11-18(15-23(28)29)17-5-7-19(8-6-17)24(25,26)27/h5-12,15-16H,3-4,13-14H2,1-2H3. The Morgan fingerprint density at radius 3 is 2.24 bits per heavy atom. The van der Waals surface area contributed by atoms with Gasteiger partial charge in [0.1, 0.15) is 9.84 Å². The summed E-state index contributed by atoms with van der Waals surface area (Å²) in [7, 11) is -1.62. The van der Waals surface area contributed by atoms with Crippen molar-refractivity contribution in [3.63, 3.8) is 0 Å². The number of aromatic nitrogens is 1. The third kappa shape index (κ3) is 6.19. The van der Waals surface area contributed by atoms with Crippen LogP contribution in [0.1, 0.15) is 18.9 Å². The number of methoxy groups -OCH3 is 1. The van der Waals surface area contributed by atoms with Crippen LogP contribution in [0.3, 0.4) is 0 Å². The zero-order valence-electron chi connectivity index (χ0n) is 18.6. The molecule has 0 fully saturated rings. The van der Waals surface area contributed by atoms with Crippen LogP contribution in [-0.4, -0.2) is 38.2 Å². The van der Waals surface area contributed by atoms with Crippen molar-refractivity contribution in [3.8, 4) is 28.3 Å². The van der Waals surface area contributed by atoms with Crippen LogP contribution in [0.25, 0.3) is 16.8 Å². The van der Waals surface area contributed by atoms with Crippen molar-refractivity contribution in [1.29, 1.82) is 0 Å². The first kappa shape index (κ1) is 25.4. The quantitative estimate of drug-likeness (QED) is 0.401. The molecule has 0 amide bonds. The van der Waals surface area contributed by atoms with Crippen molar-refractivity contribution in [2.45, 2.75) is 19.5 Å². The monoisotopic (exact) mass is 495 g/mol. The normalized spacial score (nSPS) is 11.9. The lowest BCUT2D eigenvalue weighted by atomic mass is 10.0. The van der Waals surface area contributed by atoms with E-state index >= 15 is 0 Å². The molecule has 0 spiro atoms. The molecular weight excluding hydrogens is 471 g/mol. The van der Waals surface area contributed by atoms with E-state index in [-0.39, 0.29) is 23.7 Å². The molecule has 6 nitrogen and oxygen atoms in total. The van der Waals surface area contributed by atoms with Gasteiger partial charge in [0.25, 0.3) is 5.56 Å². The number of ether oxygens (including phenoxy) is 2. The number of hydrogen-bond acceptors (Lipinski definition) is 5. The highest BCUT2D eigenvalue weighted by Crippen LogP contribution is 2.31. The van der Waals surface area contributed by atoms with Crippen LogP contribution in [0.15, 0.2) is 65.6 Å². The predicted molar refractivity (Wildman–Crippen MR) is 123 cm³/mol. The molecule has 0 aliphatic rings. The minimum absolute atomic E-state index is 0.0323. The van der Waals surface area contributed by atoms with Gasteiger partial charge < -0.3 is 9.47 Å². The Kier molecular flexibility index (Phi) is 7.71. The average molecular weight is 496 g/mol. The highest BCUT2D eigenvalue weighted by molar-refractivity contribution is 7.91. The minimum atomic E-state index is -4.43. The summed E-state index contributed by atoms with van der Waals surface area (Å²) in [5.41, 5.74) is 0.346. The van der Waals surface area contributed by atoms with Gasteiger partial charge in [-0.25, -0.2) is 8.42 Å². The maximum absolute atomic E-state index is 12.8. The summed E-state index contributed by atoms with van der Waals surface area (Å²) < 4.78 is 73.8. The Balaban J connectivity index is 1.77. The largest absolute Gasteiger partial charge is 0.493 e. The summed E-state index contributed by atoms with van der Waals surface area (Å²) >= 11 is 0. The molecule has 0 unspecified atom stereocenters. The van der Waals surface area contributed by atoms with E-state index in [4.69, 9.17) is 9.47 Å². The van der Waals surface area contributed by atoms with E-state index in [2.05, 4.69) is 0 Å². The molecule has 182 valence electrons. The van der Waals surface area contributed by atoms with E-state index in [1.165, 1.54) is 36.1 Å². The molecule has 0 atom stereocenters. The lowest BCUT2D eigenvalue weighted by Gasteiger charge is -2.14. The molecule has 0 N–H and O–H groups in total. The number of alkyl halides is 3. The Morgan fingerprint density at radius 2 is 1.65 bits per heavy atom. The number of nitrogens with zero attached hydrogens (tertiary/aromatic N) is 1. The van der Waals surface area contributed by atoms with Crippen LogP contribution in [-0.2, 0) is 16.0 Å². The van der Waals surface area contributed by atoms with Gasteiger partial charge in [0.2, 0.25) is 0 Å². The zero-order chi connectivity index (χ0) is 24.9. The maximum atomic E-state index is 12.8. The van der Waals surface area contributed by atoms with Gasteiger partial charge in [-0.05, 0) is 47.9 Å². The Bertz CT molecular complexity index is 1300. The fraction of sp³-hybridized carbons (Fsp3) is 0.292. The van der Waals surface area contributed by atoms with Crippen molar-refractivity contribution in [1.82, 2.24) is 4.57 Å². The fourth-order valence-electron chi connectivity index (χ4n) is 3.25. The van der Waals surface area contributed by atoms with E-state index in [0.29, 0.717) is 34.7 Å². The second-order valence-corrected chi connectivity index (χ2v) is 9.95. The number of halogens is 3. The highest BCUT2D eigenvalue weighted by Gasteiger charge is 2.30. The molecule has 3 rings (SSSR count). The summed E-state index contributed by atoms with van der Waals surface area (Å²) in [5, 5.41) is 0. The zero-order valence-corrected chi connectivity index (χ0v) is 19.4. The molecule has 0 aliphatic heterocycles. The first-order valence-electron chi connectivity index (χ1n) is 10.5. The van der Waals surface area contributed by atoms with E-state index in [1.807, 2.05) is 0 Å². The van der Waals surface area contributed by atoms with Gasteiger partial charge in [-0.3, -0.25) is 9.36 Å². The molecule has 3 aromatic rings. The Morgan fingerprint density at radius 1 is 0.941 bits per heavy atom. The van der Waals surface area contributed by atoms with Crippen molar-refractivity contribution < 1.29 is 31.1 Å². The minimum Gasteiger partial charge on any atom is -0.493 e. The van der Waals surface area contributed by atoms with E-state index in [0.717, 1.165) is 12.1 Å². The number of sulfone groups is 1. The molecule has 1 aromatic heterocycles. The Labute approximate surface area is 195 Å². The summed E-state index contributed by atoms with van der Waals surface area (Å²) in [4.78, 5) is 12.7. The lowest BCUT2D eigenvalue weighted by Crippen LogP contribution is -2.16. The van der Waals surface area contributed by atoms with Crippen molar-refractivity contribution >= 4 is 9.84 Å². The molecule has 10 heteroatoms. The van der Waals surface area contributed by atoms with E-state index in [1.54, 1.807) is 31.2 Å². The topological polar surface area (TPSA) is 74.6 Å². The molecule has 0 bridgehead atoms. The van der Waals surface area contributed by atoms with Gasteiger partial charge in [0.05, 0.1) is 30.7 Å².